The van der Waals surface area contributed by atoms with E-state index in [0.717, 1.165) is 17.2 Å². The van der Waals surface area contributed by atoms with Gasteiger partial charge in [0.1, 0.15) is 12.2 Å². The van der Waals surface area contributed by atoms with Gasteiger partial charge >= 0.3 is 5.97 Å². The maximum Gasteiger partial charge on any atom is 0.313 e. The van der Waals surface area contributed by atoms with Crippen molar-refractivity contribution in [3.8, 4) is 0 Å². The summed E-state index contributed by atoms with van der Waals surface area (Å²) in [6.07, 6.45) is 3.15. The minimum atomic E-state index is -0.646. The van der Waals surface area contributed by atoms with Gasteiger partial charge in [-0.1, -0.05) is 48.0 Å². The molecule has 3 nitrogen and oxygen atoms in total. The van der Waals surface area contributed by atoms with Gasteiger partial charge in [-0.3, -0.25) is 9.59 Å². The van der Waals surface area contributed by atoms with Gasteiger partial charge in [0.15, 0.2) is 5.78 Å². The largest absolute Gasteiger partial charge is 0.469 e. The van der Waals surface area contributed by atoms with Crippen LogP contribution in [0.15, 0.2) is 42.5 Å². The lowest BCUT2D eigenvalue weighted by Gasteiger charge is -2.05. The molecule has 2 aromatic carbocycles. The molecule has 0 saturated heterocycles. The molecular formula is C19H17FO3. The number of methoxy groups -OCH3 is 1. The summed E-state index contributed by atoms with van der Waals surface area (Å²) in [6, 6.07) is 11.8. The number of Topliss-reactive ketones (excluding diaryl/α,β-unsaturated/α-hetero) is 1. The minimum absolute atomic E-state index is 0.166. The summed E-state index contributed by atoms with van der Waals surface area (Å²) in [6.45, 7) is 2.00. The molecule has 0 aromatic heterocycles. The number of hydrogen-bond acceptors (Lipinski definition) is 3. The fourth-order valence-electron chi connectivity index (χ4n) is 2.08. The number of esters is 1. The third-order valence-corrected chi connectivity index (χ3v) is 3.38. The standard InChI is InChI=1S/C19H17FO3/c1-13-3-5-14(6-4-13)7-8-15-9-10-16(20)11-17(15)18(21)12-19(22)23-2/h3-11H,12H2,1-2H3/b8-7+. The molecule has 0 aliphatic heterocycles. The molecule has 0 spiro atoms. The lowest BCUT2D eigenvalue weighted by molar-refractivity contribution is -0.139. The second kappa shape index (κ2) is 7.49. The topological polar surface area (TPSA) is 43.4 Å². The highest BCUT2D eigenvalue weighted by molar-refractivity contribution is 6.08. The molecule has 0 unspecified atom stereocenters. The van der Waals surface area contributed by atoms with E-state index in [1.165, 1.54) is 19.2 Å². The molecule has 0 radical (unpaired) electrons. The van der Waals surface area contributed by atoms with Crippen LogP contribution in [-0.2, 0) is 9.53 Å². The summed E-state index contributed by atoms with van der Waals surface area (Å²) < 4.78 is 17.9. The van der Waals surface area contributed by atoms with Crippen LogP contribution in [0.1, 0.15) is 33.5 Å². The average Bonchev–Trinajstić information content (AvgIpc) is 2.55. The fraction of sp³-hybridized carbons (Fsp3) is 0.158. The highest BCUT2D eigenvalue weighted by Crippen LogP contribution is 2.17. The molecule has 2 aromatic rings. The Bertz CT molecular complexity index is 746. The van der Waals surface area contributed by atoms with E-state index in [1.54, 1.807) is 6.08 Å². The molecule has 0 bridgehead atoms. The fourth-order valence-corrected chi connectivity index (χ4v) is 2.08. The SMILES string of the molecule is COC(=O)CC(=O)c1cc(F)ccc1/C=C/c1ccc(C)cc1. The summed E-state index contributed by atoms with van der Waals surface area (Å²) in [4.78, 5) is 23.4. The zero-order valence-electron chi connectivity index (χ0n) is 13.0. The number of rotatable bonds is 5. The summed E-state index contributed by atoms with van der Waals surface area (Å²) in [5.41, 5.74) is 2.84. The van der Waals surface area contributed by atoms with Crippen molar-refractivity contribution < 1.29 is 18.7 Å². The quantitative estimate of drug-likeness (QED) is 0.362. The van der Waals surface area contributed by atoms with Crippen LogP contribution in [0, 0.1) is 12.7 Å². The lowest BCUT2D eigenvalue weighted by atomic mass is 10.00. The third kappa shape index (κ3) is 4.61. The molecule has 23 heavy (non-hydrogen) atoms. The second-order valence-corrected chi connectivity index (χ2v) is 5.15. The molecule has 118 valence electrons. The number of halogens is 1. The van der Waals surface area contributed by atoms with Gasteiger partial charge in [0.05, 0.1) is 7.11 Å². The van der Waals surface area contributed by atoms with Crippen LogP contribution in [-0.4, -0.2) is 18.9 Å². The first kappa shape index (κ1) is 16.6. The molecule has 0 aliphatic rings. The van der Waals surface area contributed by atoms with Gasteiger partial charge in [-0.2, -0.15) is 0 Å². The lowest BCUT2D eigenvalue weighted by Crippen LogP contribution is -2.11. The van der Waals surface area contributed by atoms with Crippen LogP contribution in [0.2, 0.25) is 0 Å². The molecule has 0 aliphatic carbocycles. The Morgan fingerprint density at radius 2 is 1.78 bits per heavy atom. The van der Waals surface area contributed by atoms with Crippen LogP contribution in [0.3, 0.4) is 0 Å². The number of carbonyl (C=O) groups is 2. The highest BCUT2D eigenvalue weighted by Gasteiger charge is 2.15. The molecule has 4 heteroatoms. The molecule has 0 atom stereocenters. The Labute approximate surface area is 134 Å². The van der Waals surface area contributed by atoms with E-state index >= 15 is 0 Å². The molecule has 0 saturated carbocycles. The van der Waals surface area contributed by atoms with Crippen molar-refractivity contribution >= 4 is 23.9 Å². The van der Waals surface area contributed by atoms with Gasteiger partial charge in [0.25, 0.3) is 0 Å². The summed E-state index contributed by atoms with van der Waals surface area (Å²) in [5.74, 6) is -1.64. The first-order valence-electron chi connectivity index (χ1n) is 7.14. The van der Waals surface area contributed by atoms with E-state index in [-0.39, 0.29) is 5.56 Å². The molecule has 0 N–H and O–H groups in total. The Balaban J connectivity index is 2.29. The Morgan fingerprint density at radius 3 is 2.43 bits per heavy atom. The monoisotopic (exact) mass is 312 g/mol. The Morgan fingerprint density at radius 1 is 1.09 bits per heavy atom. The molecule has 0 fully saturated rings. The van der Waals surface area contributed by atoms with Gasteiger partial charge < -0.3 is 4.74 Å². The van der Waals surface area contributed by atoms with E-state index in [9.17, 15) is 14.0 Å². The molecule has 2 rings (SSSR count). The summed E-state index contributed by atoms with van der Waals surface area (Å²) >= 11 is 0. The number of carbonyl (C=O) groups excluding carboxylic acids is 2. The smallest absolute Gasteiger partial charge is 0.313 e. The van der Waals surface area contributed by atoms with Crippen molar-refractivity contribution in [3.05, 3.63) is 70.5 Å². The molecule has 0 amide bonds. The minimum Gasteiger partial charge on any atom is -0.469 e. The first-order chi connectivity index (χ1) is 11.0. The Kier molecular flexibility index (Phi) is 5.41. The highest BCUT2D eigenvalue weighted by atomic mass is 19.1. The molecular weight excluding hydrogens is 295 g/mol. The van der Waals surface area contributed by atoms with Gasteiger partial charge in [-0.25, -0.2) is 4.39 Å². The van der Waals surface area contributed by atoms with E-state index < -0.39 is 24.0 Å². The summed E-state index contributed by atoms with van der Waals surface area (Å²) in [7, 11) is 1.21. The average molecular weight is 312 g/mol. The van der Waals surface area contributed by atoms with Crippen molar-refractivity contribution in [2.24, 2.45) is 0 Å². The van der Waals surface area contributed by atoms with Gasteiger partial charge in [-0.05, 0) is 30.2 Å². The molecule has 0 heterocycles. The predicted octanol–water partition coefficient (Wildman–Crippen LogP) is 4.05. The van der Waals surface area contributed by atoms with Crippen LogP contribution >= 0.6 is 0 Å². The van der Waals surface area contributed by atoms with Crippen molar-refractivity contribution in [2.75, 3.05) is 7.11 Å². The normalized spacial score (nSPS) is 10.7. The third-order valence-electron chi connectivity index (χ3n) is 3.38. The predicted molar refractivity (Wildman–Crippen MR) is 87.5 cm³/mol. The van der Waals surface area contributed by atoms with E-state index in [4.69, 9.17) is 0 Å². The zero-order chi connectivity index (χ0) is 16.8. The van der Waals surface area contributed by atoms with Crippen molar-refractivity contribution in [1.29, 1.82) is 0 Å². The maximum atomic E-state index is 13.4. The first-order valence-corrected chi connectivity index (χ1v) is 7.14. The van der Waals surface area contributed by atoms with E-state index in [1.807, 2.05) is 37.3 Å². The van der Waals surface area contributed by atoms with Crippen LogP contribution in [0.25, 0.3) is 12.2 Å². The van der Waals surface area contributed by atoms with E-state index in [2.05, 4.69) is 4.74 Å². The summed E-state index contributed by atoms with van der Waals surface area (Å²) in [5, 5.41) is 0. The number of benzene rings is 2. The van der Waals surface area contributed by atoms with Crippen LogP contribution < -0.4 is 0 Å². The van der Waals surface area contributed by atoms with Crippen molar-refractivity contribution in [3.63, 3.8) is 0 Å². The number of aryl methyl sites for hydroxylation is 1. The number of ether oxygens (including phenoxy) is 1. The van der Waals surface area contributed by atoms with E-state index in [0.29, 0.717) is 5.56 Å². The zero-order valence-corrected chi connectivity index (χ0v) is 13.0. The maximum absolute atomic E-state index is 13.4. The second-order valence-electron chi connectivity index (χ2n) is 5.15. The van der Waals surface area contributed by atoms with Crippen LogP contribution in [0.4, 0.5) is 4.39 Å². The van der Waals surface area contributed by atoms with Gasteiger partial charge in [-0.15, -0.1) is 0 Å². The van der Waals surface area contributed by atoms with Crippen molar-refractivity contribution in [1.82, 2.24) is 0 Å². The number of ketones is 1. The number of hydrogen-bond donors (Lipinski definition) is 0. The van der Waals surface area contributed by atoms with Crippen molar-refractivity contribution in [2.45, 2.75) is 13.3 Å². The van der Waals surface area contributed by atoms with Crippen LogP contribution in [0.5, 0.6) is 0 Å². The Hall–Kier alpha value is -2.75. The van der Waals surface area contributed by atoms with Gasteiger partial charge in [0, 0.05) is 5.56 Å². The van der Waals surface area contributed by atoms with Gasteiger partial charge in [0.2, 0.25) is 0 Å².